The Morgan fingerprint density at radius 3 is 2.36 bits per heavy atom. The third-order valence-electron chi connectivity index (χ3n) is 1.74. The topological polar surface area (TPSA) is 38.0 Å². The summed E-state index contributed by atoms with van der Waals surface area (Å²) in [6, 6.07) is 3.21. The quantitative estimate of drug-likeness (QED) is 0.755. The predicted molar refractivity (Wildman–Crippen MR) is 45.1 cm³/mol. The monoisotopic (exact) mass is 196 g/mol. The van der Waals surface area contributed by atoms with Gasteiger partial charge in [0.15, 0.2) is 11.6 Å². The first-order chi connectivity index (χ1) is 6.68. The van der Waals surface area contributed by atoms with Crippen molar-refractivity contribution in [3.63, 3.8) is 0 Å². The normalized spacial score (nSPS) is 10.4. The molecular formula is C9H6F2N2O. The summed E-state index contributed by atoms with van der Waals surface area (Å²) in [7, 11) is 0. The summed E-state index contributed by atoms with van der Waals surface area (Å²) in [6.45, 7) is 0. The van der Waals surface area contributed by atoms with E-state index in [1.807, 2.05) is 0 Å². The van der Waals surface area contributed by atoms with E-state index in [0.29, 0.717) is 0 Å². The Morgan fingerprint density at radius 2 is 1.86 bits per heavy atom. The minimum atomic E-state index is -0.855. The molecule has 0 radical (unpaired) electrons. The van der Waals surface area contributed by atoms with Crippen LogP contribution in [-0.2, 0) is 0 Å². The zero-order valence-electron chi connectivity index (χ0n) is 6.98. The zero-order valence-corrected chi connectivity index (χ0v) is 6.98. The first kappa shape index (κ1) is 8.68. The molecule has 1 heterocycles. The molecule has 1 aromatic carbocycles. The molecule has 0 spiro atoms. The molecule has 3 nitrogen and oxygen atoms in total. The van der Waals surface area contributed by atoms with Crippen LogP contribution < -0.4 is 0 Å². The van der Waals surface area contributed by atoms with Crippen molar-refractivity contribution in [2.75, 3.05) is 0 Å². The van der Waals surface area contributed by atoms with E-state index in [0.717, 1.165) is 16.8 Å². The van der Waals surface area contributed by atoms with Crippen molar-refractivity contribution in [1.29, 1.82) is 0 Å². The number of phenolic OH excluding ortho intramolecular Hbond substituents is 1. The lowest BCUT2D eigenvalue weighted by Gasteiger charge is -2.04. The fourth-order valence-electron chi connectivity index (χ4n) is 1.17. The molecule has 2 aromatic rings. The van der Waals surface area contributed by atoms with Crippen LogP contribution in [0.2, 0.25) is 0 Å². The van der Waals surface area contributed by atoms with Gasteiger partial charge in [0.1, 0.15) is 11.4 Å². The van der Waals surface area contributed by atoms with Gasteiger partial charge >= 0.3 is 0 Å². The molecular weight excluding hydrogens is 190 g/mol. The Labute approximate surface area is 78.2 Å². The van der Waals surface area contributed by atoms with Crippen LogP contribution in [-0.4, -0.2) is 14.9 Å². The van der Waals surface area contributed by atoms with Crippen LogP contribution in [0.5, 0.6) is 5.75 Å². The molecule has 0 aliphatic carbocycles. The number of hydrogen-bond acceptors (Lipinski definition) is 2. The average Bonchev–Trinajstić information content (AvgIpc) is 2.54. The highest BCUT2D eigenvalue weighted by molar-refractivity contribution is 5.39. The van der Waals surface area contributed by atoms with Crippen LogP contribution in [0.25, 0.3) is 5.69 Å². The fourth-order valence-corrected chi connectivity index (χ4v) is 1.17. The smallest absolute Gasteiger partial charge is 0.155 e. The maximum absolute atomic E-state index is 13.2. The van der Waals surface area contributed by atoms with E-state index in [1.165, 1.54) is 12.4 Å². The Kier molecular flexibility index (Phi) is 1.92. The molecule has 2 rings (SSSR count). The van der Waals surface area contributed by atoms with Crippen LogP contribution in [0.1, 0.15) is 0 Å². The number of nitrogens with zero attached hydrogens (tertiary/aromatic N) is 2. The number of aromatic nitrogens is 2. The third kappa shape index (κ3) is 1.32. The summed E-state index contributed by atoms with van der Waals surface area (Å²) >= 11 is 0. The van der Waals surface area contributed by atoms with Gasteiger partial charge in [-0.15, -0.1) is 0 Å². The van der Waals surface area contributed by atoms with Gasteiger partial charge in [0.05, 0.1) is 0 Å². The second-order valence-electron chi connectivity index (χ2n) is 2.71. The summed E-state index contributed by atoms with van der Waals surface area (Å²) in [5, 5.41) is 12.6. The number of benzene rings is 1. The second kappa shape index (κ2) is 3.10. The summed E-state index contributed by atoms with van der Waals surface area (Å²) in [6.07, 6.45) is 2.82. The third-order valence-corrected chi connectivity index (χ3v) is 1.74. The van der Waals surface area contributed by atoms with E-state index in [9.17, 15) is 8.78 Å². The number of halogens is 2. The molecule has 0 atom stereocenters. The molecule has 0 saturated heterocycles. The molecule has 0 bridgehead atoms. The van der Waals surface area contributed by atoms with E-state index in [-0.39, 0.29) is 5.69 Å². The fraction of sp³-hybridized carbons (Fsp3) is 0. The van der Waals surface area contributed by atoms with E-state index in [4.69, 9.17) is 5.11 Å². The second-order valence-corrected chi connectivity index (χ2v) is 2.71. The molecule has 5 heteroatoms. The molecule has 0 amide bonds. The van der Waals surface area contributed by atoms with Crippen LogP contribution >= 0.6 is 0 Å². The molecule has 1 aromatic heterocycles. The number of hydrogen-bond donors (Lipinski definition) is 1. The van der Waals surface area contributed by atoms with E-state index in [1.54, 1.807) is 6.07 Å². The lowest BCUT2D eigenvalue weighted by molar-refractivity contribution is 0.458. The van der Waals surface area contributed by atoms with Gasteiger partial charge in [-0.2, -0.15) is 5.10 Å². The lowest BCUT2D eigenvalue weighted by Crippen LogP contribution is -2.01. The van der Waals surface area contributed by atoms with Gasteiger partial charge in [-0.3, -0.25) is 0 Å². The largest absolute Gasteiger partial charge is 0.508 e. The maximum atomic E-state index is 13.2. The lowest BCUT2D eigenvalue weighted by atomic mass is 10.2. The van der Waals surface area contributed by atoms with Crippen molar-refractivity contribution in [2.45, 2.75) is 0 Å². The molecule has 0 fully saturated rings. The van der Waals surface area contributed by atoms with Gasteiger partial charge in [-0.25, -0.2) is 13.5 Å². The first-order valence-corrected chi connectivity index (χ1v) is 3.86. The SMILES string of the molecule is Oc1cc(F)c(-n2cccn2)c(F)c1. The molecule has 0 aliphatic rings. The van der Waals surface area contributed by atoms with Crippen LogP contribution in [0.3, 0.4) is 0 Å². The van der Waals surface area contributed by atoms with Crippen molar-refractivity contribution in [2.24, 2.45) is 0 Å². The number of aromatic hydroxyl groups is 1. The molecule has 0 unspecified atom stereocenters. The minimum Gasteiger partial charge on any atom is -0.508 e. The summed E-state index contributed by atoms with van der Waals surface area (Å²) in [4.78, 5) is 0. The molecule has 72 valence electrons. The minimum absolute atomic E-state index is 0.298. The Morgan fingerprint density at radius 1 is 1.21 bits per heavy atom. The Hall–Kier alpha value is -1.91. The molecule has 0 aliphatic heterocycles. The van der Waals surface area contributed by atoms with Gasteiger partial charge < -0.3 is 5.11 Å². The van der Waals surface area contributed by atoms with Gasteiger partial charge in [0, 0.05) is 24.5 Å². The zero-order chi connectivity index (χ0) is 10.1. The Bertz CT molecular complexity index is 431. The van der Waals surface area contributed by atoms with E-state index < -0.39 is 17.4 Å². The first-order valence-electron chi connectivity index (χ1n) is 3.86. The summed E-state index contributed by atoms with van der Waals surface area (Å²) < 4.78 is 27.5. The van der Waals surface area contributed by atoms with E-state index >= 15 is 0 Å². The van der Waals surface area contributed by atoms with Crippen LogP contribution in [0.15, 0.2) is 30.6 Å². The maximum Gasteiger partial charge on any atom is 0.155 e. The van der Waals surface area contributed by atoms with Gasteiger partial charge in [0.25, 0.3) is 0 Å². The molecule has 1 N–H and O–H groups in total. The molecule has 0 saturated carbocycles. The van der Waals surface area contributed by atoms with Crippen molar-refractivity contribution >= 4 is 0 Å². The predicted octanol–water partition coefficient (Wildman–Crippen LogP) is 1.86. The van der Waals surface area contributed by atoms with Gasteiger partial charge in [-0.05, 0) is 6.07 Å². The Balaban J connectivity index is 2.64. The van der Waals surface area contributed by atoms with Gasteiger partial charge in [-0.1, -0.05) is 0 Å². The highest BCUT2D eigenvalue weighted by atomic mass is 19.1. The highest BCUT2D eigenvalue weighted by Crippen LogP contribution is 2.21. The van der Waals surface area contributed by atoms with Crippen LogP contribution in [0, 0.1) is 11.6 Å². The van der Waals surface area contributed by atoms with Gasteiger partial charge in [0.2, 0.25) is 0 Å². The van der Waals surface area contributed by atoms with Crippen molar-refractivity contribution in [3.05, 3.63) is 42.2 Å². The standard InChI is InChI=1S/C9H6F2N2O/c10-7-4-6(14)5-8(11)9(7)13-3-1-2-12-13/h1-5,14H. The number of rotatable bonds is 1. The van der Waals surface area contributed by atoms with Crippen molar-refractivity contribution in [3.8, 4) is 11.4 Å². The highest BCUT2D eigenvalue weighted by Gasteiger charge is 2.12. The van der Waals surface area contributed by atoms with Crippen molar-refractivity contribution < 1.29 is 13.9 Å². The summed E-state index contributed by atoms with van der Waals surface area (Å²) in [5.74, 6) is -2.16. The van der Waals surface area contributed by atoms with E-state index in [2.05, 4.69) is 5.10 Å². The number of phenols is 1. The average molecular weight is 196 g/mol. The van der Waals surface area contributed by atoms with Crippen LogP contribution in [0.4, 0.5) is 8.78 Å². The van der Waals surface area contributed by atoms with Crippen molar-refractivity contribution in [1.82, 2.24) is 9.78 Å². The molecule has 14 heavy (non-hydrogen) atoms. The summed E-state index contributed by atoms with van der Waals surface area (Å²) in [5.41, 5.74) is -0.298.